The number of carbonyl (C=O) groups is 1. The van der Waals surface area contributed by atoms with Gasteiger partial charge >= 0.3 is 0 Å². The van der Waals surface area contributed by atoms with Crippen LogP contribution in [0.15, 0.2) is 11.6 Å². The molecule has 0 amide bonds. The fourth-order valence-electron chi connectivity index (χ4n) is 3.80. The Labute approximate surface area is 91.4 Å². The molecule has 84 valence electrons. The molecule has 1 spiro atoms. The molecule has 1 saturated carbocycles. The highest BCUT2D eigenvalue weighted by molar-refractivity contribution is 5.82. The van der Waals surface area contributed by atoms with Gasteiger partial charge in [0.1, 0.15) is 5.78 Å². The molecule has 2 nitrogen and oxygen atoms in total. The van der Waals surface area contributed by atoms with Crippen LogP contribution in [0.25, 0.3) is 0 Å². The number of carbonyl (C=O) groups excluding carboxylic acids is 1. The third kappa shape index (κ3) is 1.76. The zero-order valence-electron chi connectivity index (χ0n) is 9.62. The fraction of sp³-hybridized carbons (Fsp3) is 0.769. The van der Waals surface area contributed by atoms with Crippen LogP contribution >= 0.6 is 0 Å². The largest absolute Gasteiger partial charge is 0.389 e. The lowest BCUT2D eigenvalue weighted by Crippen LogP contribution is -2.39. The smallest absolute Gasteiger partial charge is 0.137 e. The molecule has 0 aromatic carbocycles. The Morgan fingerprint density at radius 2 is 2.07 bits per heavy atom. The molecule has 15 heavy (non-hydrogen) atoms. The van der Waals surface area contributed by atoms with E-state index in [4.69, 9.17) is 0 Å². The van der Waals surface area contributed by atoms with Crippen molar-refractivity contribution in [2.75, 3.05) is 0 Å². The fourth-order valence-corrected chi connectivity index (χ4v) is 3.80. The number of allylic oxidation sites excluding steroid dienone is 1. The molecule has 2 aliphatic carbocycles. The van der Waals surface area contributed by atoms with Crippen LogP contribution in [0.1, 0.15) is 46.0 Å². The van der Waals surface area contributed by atoms with Crippen molar-refractivity contribution in [1.29, 1.82) is 0 Å². The van der Waals surface area contributed by atoms with Crippen LogP contribution in [0.5, 0.6) is 0 Å². The maximum absolute atomic E-state index is 11.8. The Bertz CT molecular complexity index is 298. The van der Waals surface area contributed by atoms with Crippen LogP contribution in [-0.2, 0) is 4.79 Å². The molecule has 1 fully saturated rings. The van der Waals surface area contributed by atoms with Crippen LogP contribution in [-0.4, -0.2) is 17.0 Å². The first kappa shape index (κ1) is 10.9. The van der Waals surface area contributed by atoms with Gasteiger partial charge in [0.25, 0.3) is 0 Å². The van der Waals surface area contributed by atoms with Gasteiger partial charge in [-0.15, -0.1) is 0 Å². The van der Waals surface area contributed by atoms with Gasteiger partial charge in [0, 0.05) is 5.92 Å². The Morgan fingerprint density at radius 3 is 2.60 bits per heavy atom. The van der Waals surface area contributed by atoms with Crippen LogP contribution in [0.4, 0.5) is 0 Å². The average Bonchev–Trinajstić information content (AvgIpc) is 2.50. The van der Waals surface area contributed by atoms with E-state index in [0.717, 1.165) is 24.8 Å². The number of hydrogen-bond donors (Lipinski definition) is 1. The maximum atomic E-state index is 11.8. The molecule has 0 aromatic heterocycles. The van der Waals surface area contributed by atoms with E-state index in [1.165, 1.54) is 12.8 Å². The Balaban J connectivity index is 2.36. The highest BCUT2D eigenvalue weighted by atomic mass is 16.3. The van der Waals surface area contributed by atoms with Gasteiger partial charge < -0.3 is 5.11 Å². The topological polar surface area (TPSA) is 37.3 Å². The van der Waals surface area contributed by atoms with E-state index in [1.54, 1.807) is 6.92 Å². The number of Topliss-reactive ketones (excluding diaryl/α,β-unsaturated/α-hetero) is 1. The van der Waals surface area contributed by atoms with Crippen molar-refractivity contribution in [3.63, 3.8) is 0 Å². The molecule has 2 rings (SSSR count). The Morgan fingerprint density at radius 1 is 1.47 bits per heavy atom. The molecule has 2 heteroatoms. The third-order valence-corrected chi connectivity index (χ3v) is 4.14. The zero-order valence-corrected chi connectivity index (χ0v) is 9.62. The van der Waals surface area contributed by atoms with Gasteiger partial charge in [-0.05, 0) is 38.5 Å². The molecule has 0 heterocycles. The van der Waals surface area contributed by atoms with E-state index >= 15 is 0 Å². The zero-order chi connectivity index (χ0) is 11.1. The molecule has 0 saturated heterocycles. The first-order valence-electron chi connectivity index (χ1n) is 5.92. The SMILES string of the molecule is CC(=O)[C@@H]1C(C)=C[C@@H](O)CC12CCCC2. The first-order chi connectivity index (χ1) is 7.05. The summed E-state index contributed by atoms with van der Waals surface area (Å²) in [4.78, 5) is 11.8. The monoisotopic (exact) mass is 208 g/mol. The van der Waals surface area contributed by atoms with Crippen molar-refractivity contribution < 1.29 is 9.90 Å². The molecule has 1 N–H and O–H groups in total. The second-order valence-corrected chi connectivity index (χ2v) is 5.30. The summed E-state index contributed by atoms with van der Waals surface area (Å²) in [5.41, 5.74) is 1.17. The van der Waals surface area contributed by atoms with Crippen molar-refractivity contribution in [3.8, 4) is 0 Å². The number of hydrogen-bond acceptors (Lipinski definition) is 2. The minimum atomic E-state index is -0.335. The molecule has 0 radical (unpaired) electrons. The lowest BCUT2D eigenvalue weighted by molar-refractivity contribution is -0.124. The van der Waals surface area contributed by atoms with E-state index in [0.29, 0.717) is 0 Å². The van der Waals surface area contributed by atoms with Gasteiger partial charge in [0.05, 0.1) is 6.10 Å². The summed E-state index contributed by atoms with van der Waals surface area (Å²) in [6, 6.07) is 0. The summed E-state index contributed by atoms with van der Waals surface area (Å²) in [6.07, 6.45) is 6.97. The maximum Gasteiger partial charge on any atom is 0.137 e. The van der Waals surface area contributed by atoms with E-state index in [1.807, 2.05) is 13.0 Å². The molecule has 0 bridgehead atoms. The van der Waals surface area contributed by atoms with Crippen LogP contribution in [0.2, 0.25) is 0 Å². The first-order valence-corrected chi connectivity index (χ1v) is 5.92. The highest BCUT2D eigenvalue weighted by Crippen LogP contribution is 2.52. The Hall–Kier alpha value is -0.630. The van der Waals surface area contributed by atoms with Gasteiger partial charge in [-0.25, -0.2) is 0 Å². The predicted molar refractivity (Wildman–Crippen MR) is 59.5 cm³/mol. The van der Waals surface area contributed by atoms with Gasteiger partial charge in [0.2, 0.25) is 0 Å². The average molecular weight is 208 g/mol. The van der Waals surface area contributed by atoms with E-state index in [-0.39, 0.29) is 23.2 Å². The Kier molecular flexibility index (Phi) is 2.72. The summed E-state index contributed by atoms with van der Waals surface area (Å²) >= 11 is 0. The van der Waals surface area contributed by atoms with Gasteiger partial charge in [-0.3, -0.25) is 4.79 Å². The summed E-state index contributed by atoms with van der Waals surface area (Å²) in [5.74, 6) is 0.348. The molecule has 0 aliphatic heterocycles. The van der Waals surface area contributed by atoms with Crippen molar-refractivity contribution in [3.05, 3.63) is 11.6 Å². The highest BCUT2D eigenvalue weighted by Gasteiger charge is 2.47. The number of ketones is 1. The number of aliphatic hydroxyl groups excluding tert-OH is 1. The van der Waals surface area contributed by atoms with E-state index in [9.17, 15) is 9.90 Å². The lowest BCUT2D eigenvalue weighted by atomic mass is 9.63. The molecular formula is C13H20O2. The van der Waals surface area contributed by atoms with Crippen molar-refractivity contribution >= 4 is 5.78 Å². The third-order valence-electron chi connectivity index (χ3n) is 4.14. The number of aliphatic hydroxyl groups is 1. The summed E-state index contributed by atoms with van der Waals surface area (Å²) < 4.78 is 0. The van der Waals surface area contributed by atoms with Crippen molar-refractivity contribution in [2.24, 2.45) is 11.3 Å². The second kappa shape index (κ2) is 3.75. The lowest BCUT2D eigenvalue weighted by Gasteiger charge is -2.41. The normalized spacial score (nSPS) is 34.2. The number of rotatable bonds is 1. The van der Waals surface area contributed by atoms with Gasteiger partial charge in [-0.2, -0.15) is 0 Å². The summed E-state index contributed by atoms with van der Waals surface area (Å²) in [6.45, 7) is 3.69. The van der Waals surface area contributed by atoms with Crippen LogP contribution in [0.3, 0.4) is 0 Å². The quantitative estimate of drug-likeness (QED) is 0.672. The predicted octanol–water partition coefficient (Wildman–Crippen LogP) is 2.46. The molecule has 2 aliphatic rings. The summed E-state index contributed by atoms with van der Waals surface area (Å²) in [7, 11) is 0. The molecular weight excluding hydrogens is 188 g/mol. The van der Waals surface area contributed by atoms with Crippen molar-refractivity contribution in [2.45, 2.75) is 52.1 Å². The molecule has 0 aromatic rings. The van der Waals surface area contributed by atoms with E-state index < -0.39 is 0 Å². The molecule has 0 unspecified atom stereocenters. The van der Waals surface area contributed by atoms with Gasteiger partial charge in [0.15, 0.2) is 0 Å². The van der Waals surface area contributed by atoms with E-state index in [2.05, 4.69) is 0 Å². The summed E-state index contributed by atoms with van der Waals surface area (Å²) in [5, 5.41) is 9.82. The van der Waals surface area contributed by atoms with Gasteiger partial charge in [-0.1, -0.05) is 24.5 Å². The van der Waals surface area contributed by atoms with Crippen LogP contribution in [0, 0.1) is 11.3 Å². The standard InChI is InChI=1S/C13H20O2/c1-9-7-11(15)8-13(5-3-4-6-13)12(9)10(2)14/h7,11-12,15H,3-6,8H2,1-2H3/t11-,12+/m1/s1. The minimum Gasteiger partial charge on any atom is -0.389 e. The molecule has 2 atom stereocenters. The van der Waals surface area contributed by atoms with Crippen LogP contribution < -0.4 is 0 Å². The minimum absolute atomic E-state index is 0.0726. The second-order valence-electron chi connectivity index (χ2n) is 5.30. The van der Waals surface area contributed by atoms with Crippen molar-refractivity contribution in [1.82, 2.24) is 0 Å².